The van der Waals surface area contributed by atoms with Crippen molar-refractivity contribution in [2.75, 3.05) is 26.2 Å². The summed E-state index contributed by atoms with van der Waals surface area (Å²) in [7, 11) is -3.51. The summed E-state index contributed by atoms with van der Waals surface area (Å²) >= 11 is 0. The molecule has 7 heteroatoms. The van der Waals surface area contributed by atoms with Crippen LogP contribution in [0.25, 0.3) is 0 Å². The molecular weight excluding hydrogens is 350 g/mol. The Morgan fingerprint density at radius 1 is 1.08 bits per heavy atom. The smallest absolute Gasteiger partial charge is 0.243 e. The van der Waals surface area contributed by atoms with E-state index in [0.717, 1.165) is 29.5 Å². The Kier molecular flexibility index (Phi) is 5.42. The van der Waals surface area contributed by atoms with E-state index < -0.39 is 10.0 Å². The lowest BCUT2D eigenvalue weighted by Crippen LogP contribution is -2.55. The number of nitrogens with one attached hydrogen (secondary N) is 1. The van der Waals surface area contributed by atoms with Crippen LogP contribution in [0.2, 0.25) is 0 Å². The molecule has 0 bridgehead atoms. The fourth-order valence-corrected chi connectivity index (χ4v) is 5.58. The zero-order valence-corrected chi connectivity index (χ0v) is 16.9. The highest BCUT2D eigenvalue weighted by molar-refractivity contribution is 7.89. The van der Waals surface area contributed by atoms with E-state index in [1.165, 1.54) is 0 Å². The molecule has 0 aromatic heterocycles. The van der Waals surface area contributed by atoms with Gasteiger partial charge in [0.05, 0.1) is 10.9 Å². The first-order valence-electron chi connectivity index (χ1n) is 9.32. The van der Waals surface area contributed by atoms with Crippen LogP contribution in [0, 0.1) is 20.8 Å². The number of carbonyl (C=O) groups is 1. The van der Waals surface area contributed by atoms with Crippen LogP contribution >= 0.6 is 0 Å². The molecule has 144 valence electrons. The normalized spacial score (nSPS) is 20.8. The zero-order valence-electron chi connectivity index (χ0n) is 16.1. The maximum Gasteiger partial charge on any atom is 0.243 e. The molecule has 26 heavy (non-hydrogen) atoms. The van der Waals surface area contributed by atoms with Gasteiger partial charge in [0.15, 0.2) is 0 Å². The SMILES string of the molecule is Cc1cc(C)c(S(=O)(=O)N2CCN([C@H](C)C(=O)NC3CC3)CC2)c(C)c1. The third kappa shape index (κ3) is 3.94. The lowest BCUT2D eigenvalue weighted by molar-refractivity contribution is -0.126. The van der Waals surface area contributed by atoms with Gasteiger partial charge in [0.2, 0.25) is 15.9 Å². The average Bonchev–Trinajstić information content (AvgIpc) is 3.37. The molecule has 1 aromatic carbocycles. The summed E-state index contributed by atoms with van der Waals surface area (Å²) in [6.07, 6.45) is 2.14. The highest BCUT2D eigenvalue weighted by Gasteiger charge is 2.34. The Hall–Kier alpha value is -1.44. The van der Waals surface area contributed by atoms with Gasteiger partial charge in [0.25, 0.3) is 0 Å². The standard InChI is InChI=1S/C19H29N3O3S/c1-13-11-14(2)18(15(3)12-13)26(24,25)22-9-7-21(8-10-22)16(4)19(23)20-17-5-6-17/h11-12,16-17H,5-10H2,1-4H3,(H,20,23)/t16-/m1/s1. The molecule has 3 rings (SSSR count). The van der Waals surface area contributed by atoms with Gasteiger partial charge >= 0.3 is 0 Å². The van der Waals surface area contributed by atoms with Crippen molar-refractivity contribution >= 4 is 15.9 Å². The number of sulfonamides is 1. The second kappa shape index (κ2) is 7.29. The molecule has 1 saturated heterocycles. The van der Waals surface area contributed by atoms with E-state index in [4.69, 9.17) is 0 Å². The van der Waals surface area contributed by atoms with Crippen LogP contribution in [0.5, 0.6) is 0 Å². The fourth-order valence-electron chi connectivity index (χ4n) is 3.75. The number of aryl methyl sites for hydroxylation is 3. The van der Waals surface area contributed by atoms with Gasteiger partial charge in [-0.25, -0.2) is 8.42 Å². The Morgan fingerprint density at radius 3 is 2.12 bits per heavy atom. The molecule has 1 N–H and O–H groups in total. The summed E-state index contributed by atoms with van der Waals surface area (Å²) in [4.78, 5) is 14.7. The summed E-state index contributed by atoms with van der Waals surface area (Å²) in [6, 6.07) is 3.96. The first-order valence-corrected chi connectivity index (χ1v) is 10.8. The number of hydrogen-bond donors (Lipinski definition) is 1. The predicted octanol–water partition coefficient (Wildman–Crippen LogP) is 1.59. The third-order valence-electron chi connectivity index (χ3n) is 5.33. The van der Waals surface area contributed by atoms with Gasteiger partial charge in [-0.2, -0.15) is 4.31 Å². The van der Waals surface area contributed by atoms with Crippen LogP contribution in [0.1, 0.15) is 36.5 Å². The maximum absolute atomic E-state index is 13.1. The highest BCUT2D eigenvalue weighted by Crippen LogP contribution is 2.26. The van der Waals surface area contributed by atoms with Crippen molar-refractivity contribution in [2.24, 2.45) is 0 Å². The van der Waals surface area contributed by atoms with E-state index in [2.05, 4.69) is 10.2 Å². The van der Waals surface area contributed by atoms with Gasteiger partial charge in [-0.15, -0.1) is 0 Å². The number of nitrogens with zero attached hydrogens (tertiary/aromatic N) is 2. The number of carbonyl (C=O) groups excluding carboxylic acids is 1. The quantitative estimate of drug-likeness (QED) is 0.843. The topological polar surface area (TPSA) is 69.7 Å². The van der Waals surface area contributed by atoms with Crippen LogP contribution in [0.4, 0.5) is 0 Å². The van der Waals surface area contributed by atoms with Crippen molar-refractivity contribution in [1.82, 2.24) is 14.5 Å². The lowest BCUT2D eigenvalue weighted by Gasteiger charge is -2.37. The Morgan fingerprint density at radius 2 is 1.62 bits per heavy atom. The van der Waals surface area contributed by atoms with Crippen molar-refractivity contribution in [3.63, 3.8) is 0 Å². The molecule has 1 heterocycles. The Bertz CT molecular complexity index is 771. The Labute approximate surface area is 156 Å². The molecule has 1 aliphatic carbocycles. The van der Waals surface area contributed by atoms with E-state index in [9.17, 15) is 13.2 Å². The molecule has 1 amide bonds. The third-order valence-corrected chi connectivity index (χ3v) is 7.53. The summed E-state index contributed by atoms with van der Waals surface area (Å²) in [5.74, 6) is 0.0500. The van der Waals surface area contributed by atoms with Crippen molar-refractivity contribution in [3.05, 3.63) is 28.8 Å². The second-order valence-electron chi connectivity index (χ2n) is 7.63. The van der Waals surface area contributed by atoms with Crippen molar-refractivity contribution in [1.29, 1.82) is 0 Å². The first kappa shape index (κ1) is 19.3. The molecule has 1 aliphatic heterocycles. The zero-order chi connectivity index (χ0) is 19.1. The van der Waals surface area contributed by atoms with Gasteiger partial charge < -0.3 is 5.32 Å². The monoisotopic (exact) mass is 379 g/mol. The fraction of sp³-hybridized carbons (Fsp3) is 0.632. The predicted molar refractivity (Wildman–Crippen MR) is 102 cm³/mol. The van der Waals surface area contributed by atoms with Crippen LogP contribution < -0.4 is 5.32 Å². The molecule has 0 radical (unpaired) electrons. The Balaban J connectivity index is 1.68. The summed E-state index contributed by atoms with van der Waals surface area (Å²) in [6.45, 7) is 9.55. The summed E-state index contributed by atoms with van der Waals surface area (Å²) in [5.41, 5.74) is 2.66. The minimum absolute atomic E-state index is 0.0500. The molecule has 0 spiro atoms. The molecule has 1 atom stereocenters. The minimum atomic E-state index is -3.51. The van der Waals surface area contributed by atoms with Gasteiger partial charge in [-0.1, -0.05) is 17.7 Å². The van der Waals surface area contributed by atoms with Gasteiger partial charge in [-0.05, 0) is 51.7 Å². The van der Waals surface area contributed by atoms with Gasteiger partial charge in [0.1, 0.15) is 0 Å². The molecule has 6 nitrogen and oxygen atoms in total. The van der Waals surface area contributed by atoms with Crippen molar-refractivity contribution < 1.29 is 13.2 Å². The molecule has 1 aromatic rings. The first-order chi connectivity index (χ1) is 12.2. The van der Waals surface area contributed by atoms with Crippen molar-refractivity contribution in [2.45, 2.75) is 57.5 Å². The van der Waals surface area contributed by atoms with E-state index in [1.807, 2.05) is 39.8 Å². The second-order valence-corrected chi connectivity index (χ2v) is 9.50. The largest absolute Gasteiger partial charge is 0.352 e. The van der Waals surface area contributed by atoms with Crippen LogP contribution in [-0.4, -0.2) is 61.8 Å². The van der Waals surface area contributed by atoms with Crippen LogP contribution in [0.15, 0.2) is 17.0 Å². The molecule has 2 fully saturated rings. The average molecular weight is 380 g/mol. The van der Waals surface area contributed by atoms with Crippen LogP contribution in [0.3, 0.4) is 0 Å². The lowest BCUT2D eigenvalue weighted by atomic mass is 10.1. The molecule has 0 unspecified atom stereocenters. The summed E-state index contributed by atoms with van der Waals surface area (Å²) < 4.78 is 27.8. The summed E-state index contributed by atoms with van der Waals surface area (Å²) in [5, 5.41) is 3.03. The minimum Gasteiger partial charge on any atom is -0.352 e. The number of hydrogen-bond acceptors (Lipinski definition) is 4. The number of benzene rings is 1. The van der Waals surface area contributed by atoms with E-state index in [1.54, 1.807) is 4.31 Å². The van der Waals surface area contributed by atoms with Gasteiger partial charge in [0, 0.05) is 32.2 Å². The number of rotatable bonds is 5. The highest BCUT2D eigenvalue weighted by atomic mass is 32.2. The van der Waals surface area contributed by atoms with E-state index >= 15 is 0 Å². The maximum atomic E-state index is 13.1. The van der Waals surface area contributed by atoms with Crippen molar-refractivity contribution in [3.8, 4) is 0 Å². The van der Waals surface area contributed by atoms with Crippen LogP contribution in [-0.2, 0) is 14.8 Å². The molecule has 2 aliphatic rings. The number of piperazine rings is 1. The van der Waals surface area contributed by atoms with Gasteiger partial charge in [-0.3, -0.25) is 9.69 Å². The van der Waals surface area contributed by atoms with E-state index in [-0.39, 0.29) is 11.9 Å². The van der Waals surface area contributed by atoms with E-state index in [0.29, 0.717) is 37.1 Å². The molecule has 1 saturated carbocycles. The molecular formula is C19H29N3O3S. The number of amides is 1.